The van der Waals surface area contributed by atoms with E-state index in [4.69, 9.17) is 0 Å². The first-order valence-corrected chi connectivity index (χ1v) is 8.46. The van der Waals surface area contributed by atoms with Gasteiger partial charge >= 0.3 is 5.69 Å². The molecular weight excluding hydrogens is 334 g/mol. The lowest BCUT2D eigenvalue weighted by molar-refractivity contribution is -0.111. The highest BCUT2D eigenvalue weighted by Gasteiger charge is 2.26. The number of carbonyl (C=O) groups is 2. The van der Waals surface area contributed by atoms with Gasteiger partial charge in [-0.2, -0.15) is 5.10 Å². The number of likely N-dealkylation sites (tertiary alicyclic amines) is 1. The van der Waals surface area contributed by atoms with Crippen LogP contribution in [0, 0.1) is 6.92 Å². The standard InChI is InChI=1S/C18H21N5O3/c1-3-16(24)20-14-6-4-13(5-7-14)17(25)22-10-8-15(9-11-22)23-18(26)19-12(2)21-23/h3-7,15H,1,8-11H2,2H3,(H,20,24)(H,19,21,26). The number of H-pyrrole nitrogens is 1. The molecule has 1 saturated heterocycles. The topological polar surface area (TPSA) is 100 Å². The van der Waals surface area contributed by atoms with Gasteiger partial charge in [0.15, 0.2) is 0 Å². The number of aryl methyl sites for hydroxylation is 1. The summed E-state index contributed by atoms with van der Waals surface area (Å²) in [5.41, 5.74) is 0.968. The summed E-state index contributed by atoms with van der Waals surface area (Å²) in [4.78, 5) is 40.2. The third-order valence-corrected chi connectivity index (χ3v) is 4.44. The number of aromatic amines is 1. The molecule has 2 N–H and O–H groups in total. The van der Waals surface area contributed by atoms with Crippen LogP contribution in [0.2, 0.25) is 0 Å². The second-order valence-corrected chi connectivity index (χ2v) is 6.25. The maximum Gasteiger partial charge on any atom is 0.343 e. The van der Waals surface area contributed by atoms with Gasteiger partial charge in [-0.1, -0.05) is 6.58 Å². The van der Waals surface area contributed by atoms with Crippen molar-refractivity contribution in [3.8, 4) is 0 Å². The molecule has 2 amide bonds. The van der Waals surface area contributed by atoms with Crippen LogP contribution in [0.1, 0.15) is 35.1 Å². The van der Waals surface area contributed by atoms with Gasteiger partial charge in [0, 0.05) is 24.3 Å². The van der Waals surface area contributed by atoms with Crippen LogP contribution in [0.5, 0.6) is 0 Å². The summed E-state index contributed by atoms with van der Waals surface area (Å²) in [5.74, 6) is 0.239. The van der Waals surface area contributed by atoms with Crippen molar-refractivity contribution in [1.29, 1.82) is 0 Å². The van der Waals surface area contributed by atoms with E-state index in [1.165, 1.54) is 10.8 Å². The molecule has 0 radical (unpaired) electrons. The van der Waals surface area contributed by atoms with Gasteiger partial charge in [0.2, 0.25) is 5.91 Å². The van der Waals surface area contributed by atoms with Crippen LogP contribution in [-0.4, -0.2) is 44.6 Å². The summed E-state index contributed by atoms with van der Waals surface area (Å²) in [6.07, 6.45) is 2.56. The van der Waals surface area contributed by atoms with Crippen molar-refractivity contribution in [3.63, 3.8) is 0 Å². The minimum Gasteiger partial charge on any atom is -0.338 e. The first-order chi connectivity index (χ1) is 12.5. The fraction of sp³-hybridized carbons (Fsp3) is 0.333. The van der Waals surface area contributed by atoms with Gasteiger partial charge in [0.05, 0.1) is 6.04 Å². The zero-order chi connectivity index (χ0) is 18.7. The van der Waals surface area contributed by atoms with Crippen LogP contribution >= 0.6 is 0 Å². The second-order valence-electron chi connectivity index (χ2n) is 6.25. The van der Waals surface area contributed by atoms with E-state index in [1.807, 2.05) is 0 Å². The molecule has 0 atom stereocenters. The molecule has 0 bridgehead atoms. The molecule has 2 heterocycles. The molecule has 1 aromatic carbocycles. The molecular formula is C18H21N5O3. The number of carbonyl (C=O) groups excluding carboxylic acids is 2. The van der Waals surface area contributed by atoms with E-state index >= 15 is 0 Å². The molecule has 0 saturated carbocycles. The summed E-state index contributed by atoms with van der Waals surface area (Å²) in [7, 11) is 0. The number of nitrogens with zero attached hydrogens (tertiary/aromatic N) is 3. The van der Waals surface area contributed by atoms with Crippen LogP contribution in [0.4, 0.5) is 5.69 Å². The molecule has 26 heavy (non-hydrogen) atoms. The summed E-state index contributed by atoms with van der Waals surface area (Å²) >= 11 is 0. The summed E-state index contributed by atoms with van der Waals surface area (Å²) in [6, 6.07) is 6.76. The van der Waals surface area contributed by atoms with Gasteiger partial charge in [-0.3, -0.25) is 14.6 Å². The lowest BCUT2D eigenvalue weighted by Gasteiger charge is -2.31. The SMILES string of the molecule is C=CC(=O)Nc1ccc(C(=O)N2CCC(n3nc(C)[nH]c3=O)CC2)cc1. The van der Waals surface area contributed by atoms with E-state index in [1.54, 1.807) is 36.1 Å². The number of anilines is 1. The van der Waals surface area contributed by atoms with Crippen LogP contribution in [0.25, 0.3) is 0 Å². The van der Waals surface area contributed by atoms with E-state index in [0.29, 0.717) is 43.0 Å². The predicted octanol–water partition coefficient (Wildman–Crippen LogP) is 1.48. The Kier molecular flexibility index (Phi) is 5.01. The summed E-state index contributed by atoms with van der Waals surface area (Å²) in [5, 5.41) is 6.85. The van der Waals surface area contributed by atoms with Crippen molar-refractivity contribution in [2.45, 2.75) is 25.8 Å². The third kappa shape index (κ3) is 3.74. The number of hydrogen-bond acceptors (Lipinski definition) is 4. The minimum absolute atomic E-state index is 0.00740. The van der Waals surface area contributed by atoms with E-state index < -0.39 is 0 Å². The van der Waals surface area contributed by atoms with Gasteiger partial charge in [0.25, 0.3) is 5.91 Å². The highest BCUT2D eigenvalue weighted by atomic mass is 16.2. The summed E-state index contributed by atoms with van der Waals surface area (Å²) < 4.78 is 1.48. The number of piperidine rings is 1. The van der Waals surface area contributed by atoms with Crippen LogP contribution in [-0.2, 0) is 4.79 Å². The number of rotatable bonds is 4. The third-order valence-electron chi connectivity index (χ3n) is 4.44. The molecule has 0 aliphatic carbocycles. The highest BCUT2D eigenvalue weighted by Crippen LogP contribution is 2.22. The summed E-state index contributed by atoms with van der Waals surface area (Å²) in [6.45, 7) is 6.28. The molecule has 136 valence electrons. The second kappa shape index (κ2) is 7.38. The van der Waals surface area contributed by atoms with Gasteiger partial charge in [-0.15, -0.1) is 0 Å². The zero-order valence-electron chi connectivity index (χ0n) is 14.6. The lowest BCUT2D eigenvalue weighted by atomic mass is 10.0. The molecule has 1 aliphatic rings. The first kappa shape index (κ1) is 17.7. The van der Waals surface area contributed by atoms with E-state index in [-0.39, 0.29) is 23.5 Å². The number of benzene rings is 1. The normalized spacial score (nSPS) is 14.9. The monoisotopic (exact) mass is 355 g/mol. The number of amides is 2. The highest BCUT2D eigenvalue weighted by molar-refractivity contribution is 5.99. The minimum atomic E-state index is -0.296. The molecule has 0 spiro atoms. The Labute approximate surface area is 150 Å². The molecule has 3 rings (SSSR count). The predicted molar refractivity (Wildman–Crippen MR) is 97.0 cm³/mol. The van der Waals surface area contributed by atoms with E-state index in [9.17, 15) is 14.4 Å². The van der Waals surface area contributed by atoms with Crippen molar-refractivity contribution >= 4 is 17.5 Å². The molecule has 8 nitrogen and oxygen atoms in total. The molecule has 2 aromatic rings. The lowest BCUT2D eigenvalue weighted by Crippen LogP contribution is -2.40. The largest absolute Gasteiger partial charge is 0.343 e. The first-order valence-electron chi connectivity index (χ1n) is 8.46. The molecule has 1 fully saturated rings. The Bertz CT molecular complexity index is 873. The maximum atomic E-state index is 12.6. The van der Waals surface area contributed by atoms with Crippen molar-refractivity contribution in [3.05, 3.63) is 58.8 Å². The number of aromatic nitrogens is 3. The van der Waals surface area contributed by atoms with Crippen LogP contribution in [0.3, 0.4) is 0 Å². The smallest absolute Gasteiger partial charge is 0.338 e. The van der Waals surface area contributed by atoms with E-state index in [0.717, 1.165) is 0 Å². The molecule has 8 heteroatoms. The van der Waals surface area contributed by atoms with E-state index in [2.05, 4.69) is 22.0 Å². The molecule has 1 aliphatic heterocycles. The van der Waals surface area contributed by atoms with Gasteiger partial charge in [-0.05, 0) is 50.1 Å². The Morgan fingerprint density at radius 1 is 1.27 bits per heavy atom. The number of hydrogen-bond donors (Lipinski definition) is 2. The Morgan fingerprint density at radius 2 is 1.92 bits per heavy atom. The average Bonchev–Trinajstić information content (AvgIpc) is 3.00. The molecule has 1 aromatic heterocycles. The van der Waals surface area contributed by atoms with Gasteiger partial charge < -0.3 is 10.2 Å². The quantitative estimate of drug-likeness (QED) is 0.811. The van der Waals surface area contributed by atoms with Gasteiger partial charge in [0.1, 0.15) is 5.82 Å². The average molecular weight is 355 g/mol. The van der Waals surface area contributed by atoms with Gasteiger partial charge in [-0.25, -0.2) is 9.48 Å². The number of nitrogens with one attached hydrogen (secondary N) is 2. The Hall–Kier alpha value is -3.16. The van der Waals surface area contributed by atoms with Crippen molar-refractivity contribution < 1.29 is 9.59 Å². The molecule has 0 unspecified atom stereocenters. The Morgan fingerprint density at radius 3 is 2.46 bits per heavy atom. The van der Waals surface area contributed by atoms with Crippen molar-refractivity contribution in [1.82, 2.24) is 19.7 Å². The maximum absolute atomic E-state index is 12.6. The van der Waals surface area contributed by atoms with Crippen LogP contribution < -0.4 is 11.0 Å². The fourth-order valence-corrected chi connectivity index (χ4v) is 3.08. The van der Waals surface area contributed by atoms with Crippen molar-refractivity contribution in [2.24, 2.45) is 0 Å². The zero-order valence-corrected chi connectivity index (χ0v) is 14.6. The van der Waals surface area contributed by atoms with Crippen molar-refractivity contribution in [2.75, 3.05) is 18.4 Å². The Balaban J connectivity index is 1.61. The fourth-order valence-electron chi connectivity index (χ4n) is 3.08. The van der Waals surface area contributed by atoms with Crippen LogP contribution in [0.15, 0.2) is 41.7 Å².